The van der Waals surface area contributed by atoms with Crippen LogP contribution >= 0.6 is 0 Å². The Hall–Kier alpha value is -1.92. The summed E-state index contributed by atoms with van der Waals surface area (Å²) in [6.45, 7) is 2.99. The van der Waals surface area contributed by atoms with Crippen LogP contribution in [0.5, 0.6) is 0 Å². The minimum atomic E-state index is -0.951. The van der Waals surface area contributed by atoms with Crippen molar-refractivity contribution in [1.29, 1.82) is 0 Å². The normalized spacial score (nSPS) is 12.8. The Morgan fingerprint density at radius 3 is 2.80 bits per heavy atom. The maximum absolute atomic E-state index is 11.0. The third-order valence-electron chi connectivity index (χ3n) is 3.26. The number of ether oxygens (including phenoxy) is 2. The molecule has 0 saturated heterocycles. The van der Waals surface area contributed by atoms with Crippen molar-refractivity contribution < 1.29 is 19.4 Å². The quantitative estimate of drug-likeness (QED) is 0.870. The lowest BCUT2D eigenvalue weighted by atomic mass is 10.2. The predicted octanol–water partition coefficient (Wildman–Crippen LogP) is 1.70. The number of methoxy groups -OCH3 is 2. The van der Waals surface area contributed by atoms with E-state index in [0.29, 0.717) is 18.7 Å². The van der Waals surface area contributed by atoms with E-state index in [4.69, 9.17) is 14.6 Å². The number of nitrogens with zero attached hydrogens (tertiary/aromatic N) is 2. The van der Waals surface area contributed by atoms with Crippen LogP contribution in [-0.4, -0.2) is 47.6 Å². The van der Waals surface area contributed by atoms with E-state index in [1.807, 2.05) is 11.5 Å². The molecular weight excluding hydrogens is 260 g/mol. The van der Waals surface area contributed by atoms with Gasteiger partial charge in [0.15, 0.2) is 0 Å². The Balaban J connectivity index is 2.38. The Kier molecular flexibility index (Phi) is 4.36. The molecule has 108 valence electrons. The number of carbonyl (C=O) groups is 1. The second kappa shape index (κ2) is 6.02. The number of aromatic carboxylic acids is 1. The van der Waals surface area contributed by atoms with Crippen LogP contribution in [0, 0.1) is 6.92 Å². The SMILES string of the molecule is COCC(Cn1c(C)nc2cc(C(=O)O)ccc21)OC. The molecule has 1 aromatic carbocycles. The molecule has 1 unspecified atom stereocenters. The smallest absolute Gasteiger partial charge is 0.335 e. The van der Waals surface area contributed by atoms with E-state index in [2.05, 4.69) is 4.98 Å². The van der Waals surface area contributed by atoms with Gasteiger partial charge in [-0.05, 0) is 25.1 Å². The van der Waals surface area contributed by atoms with Crippen molar-refractivity contribution in [3.63, 3.8) is 0 Å². The van der Waals surface area contributed by atoms with Crippen LogP contribution in [0.15, 0.2) is 18.2 Å². The maximum atomic E-state index is 11.0. The van der Waals surface area contributed by atoms with E-state index in [-0.39, 0.29) is 11.7 Å². The van der Waals surface area contributed by atoms with Crippen LogP contribution < -0.4 is 0 Å². The Morgan fingerprint density at radius 1 is 1.45 bits per heavy atom. The van der Waals surface area contributed by atoms with Gasteiger partial charge in [-0.15, -0.1) is 0 Å². The highest BCUT2D eigenvalue weighted by atomic mass is 16.5. The standard InChI is InChI=1S/C14H18N2O4/c1-9-15-12-6-10(14(17)18)4-5-13(12)16(9)7-11(20-3)8-19-2/h4-6,11H,7-8H2,1-3H3,(H,17,18). The van der Waals surface area contributed by atoms with Gasteiger partial charge in [0, 0.05) is 14.2 Å². The summed E-state index contributed by atoms with van der Waals surface area (Å²) in [7, 11) is 3.27. The first-order valence-electron chi connectivity index (χ1n) is 6.28. The fraction of sp³-hybridized carbons (Fsp3) is 0.429. The first-order valence-corrected chi connectivity index (χ1v) is 6.28. The first kappa shape index (κ1) is 14.5. The molecule has 0 amide bonds. The summed E-state index contributed by atoms with van der Waals surface area (Å²) < 4.78 is 12.5. The average molecular weight is 278 g/mol. The lowest BCUT2D eigenvalue weighted by molar-refractivity contribution is 0.0187. The van der Waals surface area contributed by atoms with E-state index < -0.39 is 5.97 Å². The summed E-state index contributed by atoms with van der Waals surface area (Å²) in [6.07, 6.45) is -0.0738. The zero-order chi connectivity index (χ0) is 14.7. The van der Waals surface area contributed by atoms with Crippen LogP contribution in [0.3, 0.4) is 0 Å². The van der Waals surface area contributed by atoms with Gasteiger partial charge in [0.25, 0.3) is 0 Å². The van der Waals surface area contributed by atoms with Crippen molar-refractivity contribution in [3.8, 4) is 0 Å². The molecule has 0 spiro atoms. The van der Waals surface area contributed by atoms with Gasteiger partial charge in [-0.3, -0.25) is 0 Å². The minimum Gasteiger partial charge on any atom is -0.478 e. The number of aromatic nitrogens is 2. The number of imidazole rings is 1. The van der Waals surface area contributed by atoms with Gasteiger partial charge in [-0.25, -0.2) is 9.78 Å². The Bertz CT molecular complexity index is 621. The van der Waals surface area contributed by atoms with E-state index in [9.17, 15) is 4.79 Å². The average Bonchev–Trinajstić information content (AvgIpc) is 2.73. The Morgan fingerprint density at radius 2 is 2.20 bits per heavy atom. The van der Waals surface area contributed by atoms with Gasteiger partial charge in [-0.1, -0.05) is 0 Å². The number of hydrogen-bond acceptors (Lipinski definition) is 4. The molecule has 2 aromatic rings. The molecule has 1 heterocycles. The maximum Gasteiger partial charge on any atom is 0.335 e. The summed E-state index contributed by atoms with van der Waals surface area (Å²) >= 11 is 0. The topological polar surface area (TPSA) is 73.6 Å². The van der Waals surface area contributed by atoms with E-state index >= 15 is 0 Å². The van der Waals surface area contributed by atoms with Crippen LogP contribution in [0.25, 0.3) is 11.0 Å². The molecule has 0 saturated carbocycles. The molecule has 0 aliphatic rings. The second-order valence-corrected chi connectivity index (χ2v) is 4.59. The van der Waals surface area contributed by atoms with Gasteiger partial charge in [0.05, 0.1) is 35.9 Å². The largest absolute Gasteiger partial charge is 0.478 e. The van der Waals surface area contributed by atoms with Gasteiger partial charge in [0.2, 0.25) is 0 Å². The molecule has 6 nitrogen and oxygen atoms in total. The lowest BCUT2D eigenvalue weighted by Gasteiger charge is -2.16. The highest BCUT2D eigenvalue weighted by Crippen LogP contribution is 2.18. The van der Waals surface area contributed by atoms with Gasteiger partial charge >= 0.3 is 5.97 Å². The predicted molar refractivity (Wildman–Crippen MR) is 74.1 cm³/mol. The van der Waals surface area contributed by atoms with Crippen molar-refractivity contribution in [2.24, 2.45) is 0 Å². The van der Waals surface area contributed by atoms with Crippen LogP contribution in [0.2, 0.25) is 0 Å². The first-order chi connectivity index (χ1) is 9.56. The summed E-state index contributed by atoms with van der Waals surface area (Å²) in [5.41, 5.74) is 1.81. The summed E-state index contributed by atoms with van der Waals surface area (Å²) in [4.78, 5) is 15.4. The molecule has 2 rings (SSSR count). The van der Waals surface area contributed by atoms with Gasteiger partial charge < -0.3 is 19.1 Å². The zero-order valence-corrected chi connectivity index (χ0v) is 11.8. The van der Waals surface area contributed by atoms with Gasteiger partial charge in [-0.2, -0.15) is 0 Å². The highest BCUT2D eigenvalue weighted by Gasteiger charge is 2.14. The van der Waals surface area contributed by atoms with Crippen LogP contribution in [0.4, 0.5) is 0 Å². The summed E-state index contributed by atoms with van der Waals surface area (Å²) in [5.74, 6) is -0.131. The molecule has 0 aliphatic heterocycles. The van der Waals surface area contributed by atoms with Crippen molar-refractivity contribution in [2.75, 3.05) is 20.8 Å². The molecule has 6 heteroatoms. The number of carboxylic acids is 1. The number of benzene rings is 1. The van der Waals surface area contributed by atoms with Crippen LogP contribution in [0.1, 0.15) is 16.2 Å². The van der Waals surface area contributed by atoms with Crippen molar-refractivity contribution in [3.05, 3.63) is 29.6 Å². The van der Waals surface area contributed by atoms with Crippen molar-refractivity contribution in [1.82, 2.24) is 9.55 Å². The zero-order valence-electron chi connectivity index (χ0n) is 11.8. The van der Waals surface area contributed by atoms with Crippen LogP contribution in [-0.2, 0) is 16.0 Å². The molecule has 1 atom stereocenters. The van der Waals surface area contributed by atoms with Crippen molar-refractivity contribution in [2.45, 2.75) is 19.6 Å². The fourth-order valence-corrected chi connectivity index (χ4v) is 2.20. The molecular formula is C14H18N2O4. The molecule has 0 bridgehead atoms. The van der Waals surface area contributed by atoms with E-state index in [1.165, 1.54) is 0 Å². The molecule has 20 heavy (non-hydrogen) atoms. The summed E-state index contributed by atoms with van der Waals surface area (Å²) in [6, 6.07) is 4.94. The third kappa shape index (κ3) is 2.81. The fourth-order valence-electron chi connectivity index (χ4n) is 2.20. The molecule has 1 N–H and O–H groups in total. The molecule has 1 aromatic heterocycles. The van der Waals surface area contributed by atoms with E-state index in [1.54, 1.807) is 32.4 Å². The number of aryl methyl sites for hydroxylation is 1. The van der Waals surface area contributed by atoms with Gasteiger partial charge in [0.1, 0.15) is 5.82 Å². The Labute approximate surface area is 116 Å². The number of hydrogen-bond donors (Lipinski definition) is 1. The third-order valence-corrected chi connectivity index (χ3v) is 3.26. The lowest BCUT2D eigenvalue weighted by Crippen LogP contribution is -2.24. The number of fused-ring (bicyclic) bond motifs is 1. The molecule has 0 aliphatic carbocycles. The number of carboxylic acid groups (broad SMARTS) is 1. The van der Waals surface area contributed by atoms with E-state index in [0.717, 1.165) is 11.3 Å². The summed E-state index contributed by atoms with van der Waals surface area (Å²) in [5, 5.41) is 9.00. The highest BCUT2D eigenvalue weighted by molar-refractivity contribution is 5.92. The molecule has 0 radical (unpaired) electrons. The second-order valence-electron chi connectivity index (χ2n) is 4.59. The minimum absolute atomic E-state index is 0.0738. The van der Waals surface area contributed by atoms with Crippen molar-refractivity contribution >= 4 is 17.0 Å². The number of rotatable bonds is 6. The molecule has 0 fully saturated rings. The monoisotopic (exact) mass is 278 g/mol.